The Labute approximate surface area is 125 Å². The van der Waals surface area contributed by atoms with E-state index in [9.17, 15) is 0 Å². The molecule has 0 aromatic heterocycles. The number of benzene rings is 1. The first-order valence-electron chi connectivity index (χ1n) is 7.36. The van der Waals surface area contributed by atoms with Crippen LogP contribution in [0.1, 0.15) is 38.7 Å². The molecule has 0 aliphatic heterocycles. The van der Waals surface area contributed by atoms with Gasteiger partial charge in [0.15, 0.2) is 5.84 Å². The van der Waals surface area contributed by atoms with Crippen LogP contribution < -0.4 is 15.2 Å². The zero-order valence-electron chi connectivity index (χ0n) is 12.9. The molecule has 0 amide bonds. The molecule has 1 fully saturated rings. The van der Waals surface area contributed by atoms with E-state index in [1.165, 1.54) is 6.42 Å². The fraction of sp³-hybridized carbons (Fsp3) is 0.562. The predicted molar refractivity (Wildman–Crippen MR) is 82.1 cm³/mol. The summed E-state index contributed by atoms with van der Waals surface area (Å²) in [7, 11) is 1.60. The number of rotatable bonds is 4. The first-order chi connectivity index (χ1) is 10.0. The fourth-order valence-corrected chi connectivity index (χ4v) is 3.14. The van der Waals surface area contributed by atoms with E-state index in [0.717, 1.165) is 12.8 Å². The normalized spacial score (nSPS) is 26.4. The van der Waals surface area contributed by atoms with Crippen molar-refractivity contribution in [1.29, 1.82) is 0 Å². The highest BCUT2D eigenvalue weighted by molar-refractivity contribution is 5.99. The molecule has 5 heteroatoms. The van der Waals surface area contributed by atoms with Crippen LogP contribution in [0.2, 0.25) is 0 Å². The smallest absolute Gasteiger partial charge is 0.173 e. The van der Waals surface area contributed by atoms with Gasteiger partial charge in [0.25, 0.3) is 0 Å². The van der Waals surface area contributed by atoms with E-state index in [2.05, 4.69) is 19.0 Å². The second-order valence-electron chi connectivity index (χ2n) is 6.00. The van der Waals surface area contributed by atoms with Gasteiger partial charge in [0, 0.05) is 6.07 Å². The van der Waals surface area contributed by atoms with Crippen LogP contribution in [0.4, 0.5) is 0 Å². The van der Waals surface area contributed by atoms with Gasteiger partial charge < -0.3 is 20.4 Å². The Balaban J connectivity index is 2.24. The summed E-state index contributed by atoms with van der Waals surface area (Å²) in [6.45, 7) is 4.50. The van der Waals surface area contributed by atoms with E-state index < -0.39 is 0 Å². The van der Waals surface area contributed by atoms with Gasteiger partial charge in [-0.3, -0.25) is 0 Å². The maximum atomic E-state index is 8.91. The van der Waals surface area contributed by atoms with Gasteiger partial charge in [0.2, 0.25) is 0 Å². The third-order valence-electron chi connectivity index (χ3n) is 4.00. The Hall–Kier alpha value is -1.91. The number of hydrogen-bond donors (Lipinski definition) is 2. The molecule has 0 saturated heterocycles. The summed E-state index contributed by atoms with van der Waals surface area (Å²) >= 11 is 0. The first kappa shape index (κ1) is 15.5. The average Bonchev–Trinajstić information content (AvgIpc) is 2.45. The summed E-state index contributed by atoms with van der Waals surface area (Å²) in [4.78, 5) is 0. The van der Waals surface area contributed by atoms with Gasteiger partial charge in [0.05, 0.1) is 18.8 Å². The van der Waals surface area contributed by atoms with Crippen molar-refractivity contribution in [3.05, 3.63) is 23.8 Å². The lowest BCUT2D eigenvalue weighted by Gasteiger charge is -2.32. The van der Waals surface area contributed by atoms with Crippen molar-refractivity contribution in [2.75, 3.05) is 7.11 Å². The van der Waals surface area contributed by atoms with Crippen molar-refractivity contribution in [2.45, 2.75) is 39.2 Å². The summed E-state index contributed by atoms with van der Waals surface area (Å²) < 4.78 is 11.4. The van der Waals surface area contributed by atoms with Crippen LogP contribution in [0.5, 0.6) is 11.5 Å². The minimum Gasteiger partial charge on any atom is -0.497 e. The third kappa shape index (κ3) is 3.80. The van der Waals surface area contributed by atoms with E-state index in [1.807, 2.05) is 0 Å². The van der Waals surface area contributed by atoms with Crippen LogP contribution in [0.15, 0.2) is 23.4 Å². The van der Waals surface area contributed by atoms with Crippen LogP contribution >= 0.6 is 0 Å². The van der Waals surface area contributed by atoms with Crippen LogP contribution in [0.25, 0.3) is 0 Å². The summed E-state index contributed by atoms with van der Waals surface area (Å²) in [5, 5.41) is 12.0. The largest absolute Gasteiger partial charge is 0.497 e. The Morgan fingerprint density at radius 3 is 2.48 bits per heavy atom. The van der Waals surface area contributed by atoms with Gasteiger partial charge >= 0.3 is 0 Å². The lowest BCUT2D eigenvalue weighted by atomic mass is 9.82. The maximum Gasteiger partial charge on any atom is 0.173 e. The third-order valence-corrected chi connectivity index (χ3v) is 4.00. The van der Waals surface area contributed by atoms with Crippen molar-refractivity contribution in [2.24, 2.45) is 22.7 Å². The Kier molecular flexibility index (Phi) is 4.94. The van der Waals surface area contributed by atoms with Gasteiger partial charge in [-0.25, -0.2) is 0 Å². The first-order valence-corrected chi connectivity index (χ1v) is 7.36. The predicted octanol–water partition coefficient (Wildman–Crippen LogP) is 2.99. The van der Waals surface area contributed by atoms with Crippen LogP contribution in [0, 0.1) is 11.8 Å². The minimum absolute atomic E-state index is 0.0459. The number of nitrogens with two attached hydrogens (primary N) is 1. The maximum absolute atomic E-state index is 8.91. The number of methoxy groups -OCH3 is 1. The summed E-state index contributed by atoms with van der Waals surface area (Å²) in [5.41, 5.74) is 6.31. The molecule has 0 bridgehead atoms. The molecule has 1 saturated carbocycles. The van der Waals surface area contributed by atoms with Crippen molar-refractivity contribution < 1.29 is 14.7 Å². The number of ether oxygens (including phenoxy) is 2. The fourth-order valence-electron chi connectivity index (χ4n) is 3.14. The number of hydrogen-bond acceptors (Lipinski definition) is 4. The molecule has 21 heavy (non-hydrogen) atoms. The summed E-state index contributed by atoms with van der Waals surface area (Å²) in [6.07, 6.45) is 3.44. The van der Waals surface area contributed by atoms with E-state index in [-0.39, 0.29) is 11.9 Å². The second kappa shape index (κ2) is 6.70. The highest BCUT2D eigenvalue weighted by Crippen LogP contribution is 2.33. The van der Waals surface area contributed by atoms with Gasteiger partial charge in [-0.15, -0.1) is 0 Å². The lowest BCUT2D eigenvalue weighted by Crippen LogP contribution is -2.29. The molecule has 0 radical (unpaired) electrons. The zero-order valence-corrected chi connectivity index (χ0v) is 12.9. The Morgan fingerprint density at radius 2 is 1.90 bits per heavy atom. The molecule has 1 aromatic carbocycles. The molecular formula is C16H24N2O3. The van der Waals surface area contributed by atoms with Crippen LogP contribution in [0.3, 0.4) is 0 Å². The average molecular weight is 292 g/mol. The van der Waals surface area contributed by atoms with E-state index >= 15 is 0 Å². The van der Waals surface area contributed by atoms with Gasteiger partial charge in [-0.1, -0.05) is 19.0 Å². The van der Waals surface area contributed by atoms with E-state index in [1.54, 1.807) is 25.3 Å². The van der Waals surface area contributed by atoms with Gasteiger partial charge in [0.1, 0.15) is 11.5 Å². The molecule has 0 spiro atoms. The number of nitrogens with zero attached hydrogens (tertiary/aromatic N) is 1. The summed E-state index contributed by atoms with van der Waals surface area (Å²) in [6, 6.07) is 5.31. The second-order valence-corrected chi connectivity index (χ2v) is 6.00. The van der Waals surface area contributed by atoms with Crippen LogP contribution in [-0.2, 0) is 0 Å². The SMILES string of the molecule is COc1ccc(/C(N)=N/O)c(OC2CC(C)CC(C)C2)c1. The molecule has 1 aromatic rings. The Morgan fingerprint density at radius 1 is 1.24 bits per heavy atom. The summed E-state index contributed by atoms with van der Waals surface area (Å²) in [5.74, 6) is 2.64. The van der Waals surface area contributed by atoms with Gasteiger partial charge in [-0.2, -0.15) is 0 Å². The molecule has 0 heterocycles. The zero-order chi connectivity index (χ0) is 15.4. The molecule has 1 aliphatic carbocycles. The molecule has 2 rings (SSSR count). The Bertz CT molecular complexity index is 506. The van der Waals surface area contributed by atoms with Crippen LogP contribution in [-0.4, -0.2) is 24.3 Å². The standard InChI is InChI=1S/C16H24N2O3/c1-10-6-11(2)8-13(7-10)21-15-9-12(20-3)4-5-14(15)16(17)18-19/h4-5,9-11,13,19H,6-8H2,1-3H3,(H2,17,18). The highest BCUT2D eigenvalue weighted by atomic mass is 16.5. The van der Waals surface area contributed by atoms with Crippen molar-refractivity contribution in [3.63, 3.8) is 0 Å². The monoisotopic (exact) mass is 292 g/mol. The number of oxime groups is 1. The van der Waals surface area contributed by atoms with Crippen molar-refractivity contribution in [3.8, 4) is 11.5 Å². The molecule has 116 valence electrons. The highest BCUT2D eigenvalue weighted by Gasteiger charge is 2.26. The molecule has 3 N–H and O–H groups in total. The van der Waals surface area contributed by atoms with E-state index in [0.29, 0.717) is 28.9 Å². The van der Waals surface area contributed by atoms with Crippen molar-refractivity contribution in [1.82, 2.24) is 0 Å². The quantitative estimate of drug-likeness (QED) is 0.387. The number of amidine groups is 1. The molecule has 2 atom stereocenters. The lowest BCUT2D eigenvalue weighted by molar-refractivity contribution is 0.101. The molecule has 2 unspecified atom stereocenters. The van der Waals surface area contributed by atoms with E-state index in [4.69, 9.17) is 20.4 Å². The minimum atomic E-state index is 0.0459. The molecular weight excluding hydrogens is 268 g/mol. The molecule has 5 nitrogen and oxygen atoms in total. The molecule has 1 aliphatic rings. The topological polar surface area (TPSA) is 77.1 Å². The van der Waals surface area contributed by atoms with Crippen molar-refractivity contribution >= 4 is 5.84 Å². The van der Waals surface area contributed by atoms with Gasteiger partial charge in [-0.05, 0) is 43.2 Å².